The molecule has 0 aliphatic rings. The van der Waals surface area contributed by atoms with Crippen LogP contribution in [-0.2, 0) is 16.0 Å². The van der Waals surface area contributed by atoms with Crippen molar-refractivity contribution < 1.29 is 19.1 Å². The second kappa shape index (κ2) is 12.9. The van der Waals surface area contributed by atoms with Gasteiger partial charge in [-0.05, 0) is 61.2 Å². The van der Waals surface area contributed by atoms with Crippen molar-refractivity contribution in [3.8, 4) is 5.75 Å². The summed E-state index contributed by atoms with van der Waals surface area (Å²) in [5, 5.41) is 5.95. The molecule has 0 aliphatic carbocycles. The van der Waals surface area contributed by atoms with Crippen LogP contribution in [0.25, 0.3) is 0 Å². The van der Waals surface area contributed by atoms with Crippen molar-refractivity contribution in [3.63, 3.8) is 0 Å². The van der Waals surface area contributed by atoms with Gasteiger partial charge in [0, 0.05) is 5.69 Å². The molecule has 2 N–H and O–H groups in total. The monoisotopic (exact) mass is 446 g/mol. The van der Waals surface area contributed by atoms with Crippen LogP contribution in [0, 0.1) is 0 Å². The maximum Gasteiger partial charge on any atom is 0.338 e. The van der Waals surface area contributed by atoms with E-state index >= 15 is 0 Å². The average molecular weight is 447 g/mol. The Hall–Kier alpha value is -3.80. The molecule has 3 aromatic carbocycles. The quantitative estimate of drug-likeness (QED) is 0.291. The number of amides is 1. The van der Waals surface area contributed by atoms with Crippen molar-refractivity contribution in [2.45, 2.75) is 26.2 Å². The van der Waals surface area contributed by atoms with Gasteiger partial charge in [0.2, 0.25) is 5.91 Å². The number of benzene rings is 3. The van der Waals surface area contributed by atoms with Crippen molar-refractivity contribution >= 4 is 23.3 Å². The number of carbonyl (C=O) groups excluding carboxylic acids is 2. The summed E-state index contributed by atoms with van der Waals surface area (Å²) in [6.45, 7) is 2.99. The molecule has 6 heteroatoms. The molecule has 0 aliphatic heterocycles. The number of hydrogen-bond acceptors (Lipinski definition) is 5. The summed E-state index contributed by atoms with van der Waals surface area (Å²) < 4.78 is 11.0. The van der Waals surface area contributed by atoms with Gasteiger partial charge < -0.3 is 20.1 Å². The lowest BCUT2D eigenvalue weighted by atomic mass is 10.1. The number of anilines is 2. The summed E-state index contributed by atoms with van der Waals surface area (Å²) in [5.74, 6) is 0.108. The van der Waals surface area contributed by atoms with Crippen LogP contribution >= 0.6 is 0 Å². The number of hydrogen-bond donors (Lipinski definition) is 2. The molecule has 6 nitrogen and oxygen atoms in total. The van der Waals surface area contributed by atoms with E-state index in [4.69, 9.17) is 9.47 Å². The molecule has 0 aromatic heterocycles. The Labute approximate surface area is 194 Å². The third-order valence-corrected chi connectivity index (χ3v) is 4.88. The summed E-state index contributed by atoms with van der Waals surface area (Å²) in [5.41, 5.74) is 3.14. The van der Waals surface area contributed by atoms with Crippen molar-refractivity contribution in [1.29, 1.82) is 0 Å². The molecule has 3 rings (SSSR count). The zero-order valence-corrected chi connectivity index (χ0v) is 18.9. The molecular weight excluding hydrogens is 416 g/mol. The Kier molecular flexibility index (Phi) is 9.33. The topological polar surface area (TPSA) is 76.7 Å². The van der Waals surface area contributed by atoms with Crippen LogP contribution in [0.3, 0.4) is 0 Å². The Morgan fingerprint density at radius 1 is 0.848 bits per heavy atom. The van der Waals surface area contributed by atoms with Crippen LogP contribution in [0.4, 0.5) is 11.4 Å². The van der Waals surface area contributed by atoms with Gasteiger partial charge in [0.25, 0.3) is 0 Å². The first-order valence-corrected chi connectivity index (χ1v) is 11.2. The average Bonchev–Trinajstić information content (AvgIpc) is 2.86. The minimum Gasteiger partial charge on any atom is -0.491 e. The van der Waals surface area contributed by atoms with Crippen LogP contribution in [0.1, 0.15) is 35.7 Å². The zero-order chi connectivity index (χ0) is 23.3. The number of rotatable bonds is 12. The van der Waals surface area contributed by atoms with E-state index in [1.165, 1.54) is 5.56 Å². The Bertz CT molecular complexity index is 1020. The number of carbonyl (C=O) groups is 2. The van der Waals surface area contributed by atoms with E-state index in [0.717, 1.165) is 24.9 Å². The maximum atomic E-state index is 12.4. The summed E-state index contributed by atoms with van der Waals surface area (Å²) >= 11 is 0. The molecule has 0 bridgehead atoms. The highest BCUT2D eigenvalue weighted by molar-refractivity contribution is 5.95. The summed E-state index contributed by atoms with van der Waals surface area (Å²) in [6.07, 6.45) is 2.60. The van der Waals surface area contributed by atoms with E-state index in [1.807, 2.05) is 49.4 Å². The molecule has 0 saturated heterocycles. The molecule has 0 radical (unpaired) electrons. The number of aryl methyl sites for hydroxylation is 1. The van der Waals surface area contributed by atoms with Gasteiger partial charge in [-0.1, -0.05) is 49.4 Å². The lowest BCUT2D eigenvalue weighted by Crippen LogP contribution is -2.22. The summed E-state index contributed by atoms with van der Waals surface area (Å²) in [6, 6.07) is 24.5. The molecule has 33 heavy (non-hydrogen) atoms. The highest BCUT2D eigenvalue weighted by Gasteiger charge is 2.09. The fraction of sp³-hybridized carbons (Fsp3) is 0.259. The fourth-order valence-corrected chi connectivity index (χ4v) is 3.18. The molecule has 1 amide bonds. The second-order valence-electron chi connectivity index (χ2n) is 7.55. The van der Waals surface area contributed by atoms with E-state index in [0.29, 0.717) is 30.2 Å². The standard InChI is InChI=1S/C27H30N2O4/c1-2-18-33-27(31)22-14-16-23(17-15-22)28-20-26(30)29-24-12-6-7-13-25(24)32-19-8-11-21-9-4-3-5-10-21/h3-7,9-10,12-17,28H,2,8,11,18-20H2,1H3,(H,29,30). The Balaban J connectivity index is 1.45. The Morgan fingerprint density at radius 2 is 1.58 bits per heavy atom. The third-order valence-electron chi connectivity index (χ3n) is 4.88. The lowest BCUT2D eigenvalue weighted by molar-refractivity contribution is -0.114. The second-order valence-corrected chi connectivity index (χ2v) is 7.55. The van der Waals surface area contributed by atoms with Gasteiger partial charge in [0.05, 0.1) is 31.0 Å². The van der Waals surface area contributed by atoms with E-state index < -0.39 is 0 Å². The Morgan fingerprint density at radius 3 is 2.33 bits per heavy atom. The van der Waals surface area contributed by atoms with Gasteiger partial charge in [-0.15, -0.1) is 0 Å². The molecule has 0 fully saturated rings. The highest BCUT2D eigenvalue weighted by Crippen LogP contribution is 2.24. The normalized spacial score (nSPS) is 10.3. The van der Waals surface area contributed by atoms with E-state index in [9.17, 15) is 9.59 Å². The van der Waals surface area contributed by atoms with Gasteiger partial charge in [-0.2, -0.15) is 0 Å². The first-order valence-electron chi connectivity index (χ1n) is 11.2. The number of para-hydroxylation sites is 2. The minimum atomic E-state index is -0.346. The lowest BCUT2D eigenvalue weighted by Gasteiger charge is -2.13. The van der Waals surface area contributed by atoms with E-state index in [1.54, 1.807) is 24.3 Å². The fourth-order valence-electron chi connectivity index (χ4n) is 3.18. The van der Waals surface area contributed by atoms with Gasteiger partial charge in [-0.3, -0.25) is 4.79 Å². The molecular formula is C27H30N2O4. The third kappa shape index (κ3) is 8.00. The van der Waals surface area contributed by atoms with Gasteiger partial charge in [0.15, 0.2) is 0 Å². The van der Waals surface area contributed by atoms with Crippen LogP contribution in [0.5, 0.6) is 5.75 Å². The van der Waals surface area contributed by atoms with Gasteiger partial charge in [-0.25, -0.2) is 4.79 Å². The number of nitrogens with one attached hydrogen (secondary N) is 2. The number of esters is 1. The van der Waals surface area contributed by atoms with E-state index in [2.05, 4.69) is 22.8 Å². The van der Waals surface area contributed by atoms with Crippen molar-refractivity contribution in [2.24, 2.45) is 0 Å². The first-order chi connectivity index (χ1) is 16.2. The first kappa shape index (κ1) is 23.9. The van der Waals surface area contributed by atoms with Gasteiger partial charge >= 0.3 is 5.97 Å². The molecule has 172 valence electrons. The van der Waals surface area contributed by atoms with Crippen LogP contribution in [0.2, 0.25) is 0 Å². The smallest absolute Gasteiger partial charge is 0.338 e. The van der Waals surface area contributed by atoms with Gasteiger partial charge in [0.1, 0.15) is 5.75 Å². The van der Waals surface area contributed by atoms with Crippen molar-refractivity contribution in [3.05, 3.63) is 90.0 Å². The number of ether oxygens (including phenoxy) is 2. The largest absolute Gasteiger partial charge is 0.491 e. The summed E-state index contributed by atoms with van der Waals surface area (Å²) in [7, 11) is 0. The van der Waals surface area contributed by atoms with E-state index in [-0.39, 0.29) is 18.4 Å². The van der Waals surface area contributed by atoms with Crippen molar-refractivity contribution in [2.75, 3.05) is 30.4 Å². The highest BCUT2D eigenvalue weighted by atomic mass is 16.5. The SMILES string of the molecule is CCCOC(=O)c1ccc(NCC(=O)Nc2ccccc2OCCCc2ccccc2)cc1. The molecule has 0 unspecified atom stereocenters. The predicted octanol–water partition coefficient (Wildman–Crippen LogP) is 5.32. The minimum absolute atomic E-state index is 0.0853. The van der Waals surface area contributed by atoms with Crippen LogP contribution in [-0.4, -0.2) is 31.6 Å². The molecule has 3 aromatic rings. The predicted molar refractivity (Wildman–Crippen MR) is 131 cm³/mol. The zero-order valence-electron chi connectivity index (χ0n) is 18.9. The van der Waals surface area contributed by atoms with Crippen LogP contribution < -0.4 is 15.4 Å². The maximum absolute atomic E-state index is 12.4. The van der Waals surface area contributed by atoms with Crippen LogP contribution in [0.15, 0.2) is 78.9 Å². The summed E-state index contributed by atoms with van der Waals surface area (Å²) in [4.78, 5) is 24.3. The van der Waals surface area contributed by atoms with Crippen molar-refractivity contribution in [1.82, 2.24) is 0 Å². The molecule has 0 saturated carbocycles. The molecule has 0 spiro atoms. The molecule has 0 heterocycles. The molecule has 0 atom stereocenters.